The van der Waals surface area contributed by atoms with Gasteiger partial charge in [0.1, 0.15) is 0 Å². The van der Waals surface area contributed by atoms with E-state index < -0.39 is 5.97 Å². The molecule has 0 saturated carbocycles. The molecule has 4 heteroatoms. The van der Waals surface area contributed by atoms with E-state index in [0.717, 1.165) is 0 Å². The number of pyridine rings is 1. The molecular formula is C9H8N2O2. The van der Waals surface area contributed by atoms with E-state index in [1.165, 1.54) is 13.3 Å². The number of methoxy groups -OCH3 is 1. The van der Waals surface area contributed by atoms with Crippen LogP contribution < -0.4 is 0 Å². The van der Waals surface area contributed by atoms with Gasteiger partial charge in [0.2, 0.25) is 0 Å². The Morgan fingerprint density at radius 3 is 3.15 bits per heavy atom. The predicted octanol–water partition coefficient (Wildman–Crippen LogP) is 0.934. The topological polar surface area (TPSA) is 63.0 Å². The summed E-state index contributed by atoms with van der Waals surface area (Å²) in [5.41, 5.74) is 0.809. The number of nitrogens with zero attached hydrogens (tertiary/aromatic N) is 2. The SMILES string of the molecule is COC(=O)c1ncccc1CC#N. The van der Waals surface area contributed by atoms with Gasteiger partial charge < -0.3 is 4.74 Å². The van der Waals surface area contributed by atoms with Crippen molar-refractivity contribution in [1.29, 1.82) is 5.26 Å². The Bertz CT molecular complexity index is 355. The monoisotopic (exact) mass is 176 g/mol. The highest BCUT2D eigenvalue weighted by molar-refractivity contribution is 5.88. The standard InChI is InChI=1S/C9H8N2O2/c1-13-9(12)8-7(4-5-10)3-2-6-11-8/h2-3,6H,4H2,1H3. The zero-order chi connectivity index (χ0) is 9.68. The molecule has 1 aromatic heterocycles. The van der Waals surface area contributed by atoms with Crippen molar-refractivity contribution in [3.63, 3.8) is 0 Å². The lowest BCUT2D eigenvalue weighted by atomic mass is 10.1. The van der Waals surface area contributed by atoms with Gasteiger partial charge in [0.15, 0.2) is 5.69 Å². The molecule has 1 heterocycles. The third-order valence-corrected chi connectivity index (χ3v) is 1.54. The summed E-state index contributed by atoms with van der Waals surface area (Å²) in [6.07, 6.45) is 1.66. The summed E-state index contributed by atoms with van der Waals surface area (Å²) in [5.74, 6) is -0.508. The quantitative estimate of drug-likeness (QED) is 0.629. The summed E-state index contributed by atoms with van der Waals surface area (Å²) in [6, 6.07) is 5.32. The van der Waals surface area contributed by atoms with Crippen LogP contribution in [0, 0.1) is 11.3 Å². The molecule has 66 valence electrons. The molecule has 0 aliphatic heterocycles. The Morgan fingerprint density at radius 1 is 1.77 bits per heavy atom. The lowest BCUT2D eigenvalue weighted by Gasteiger charge is -2.01. The first kappa shape index (κ1) is 9.20. The molecule has 0 aliphatic rings. The van der Waals surface area contributed by atoms with Gasteiger partial charge in [0.25, 0.3) is 0 Å². The molecule has 0 amide bonds. The maximum Gasteiger partial charge on any atom is 0.356 e. The van der Waals surface area contributed by atoms with Crippen molar-refractivity contribution in [2.24, 2.45) is 0 Å². The summed E-state index contributed by atoms with van der Waals surface area (Å²) < 4.78 is 4.51. The molecule has 0 N–H and O–H groups in total. The summed E-state index contributed by atoms with van der Waals surface area (Å²) in [7, 11) is 1.28. The second kappa shape index (κ2) is 4.21. The van der Waals surface area contributed by atoms with Crippen LogP contribution in [0.15, 0.2) is 18.3 Å². The molecule has 0 bridgehead atoms. The van der Waals surface area contributed by atoms with Crippen LogP contribution in [0.3, 0.4) is 0 Å². The van der Waals surface area contributed by atoms with Crippen LogP contribution in [0.2, 0.25) is 0 Å². The molecule has 1 rings (SSSR count). The fraction of sp³-hybridized carbons (Fsp3) is 0.222. The smallest absolute Gasteiger partial charge is 0.356 e. The summed E-state index contributed by atoms with van der Waals surface area (Å²) >= 11 is 0. The highest BCUT2D eigenvalue weighted by Crippen LogP contribution is 2.06. The van der Waals surface area contributed by atoms with Crippen molar-refractivity contribution in [2.45, 2.75) is 6.42 Å². The van der Waals surface area contributed by atoms with E-state index in [2.05, 4.69) is 9.72 Å². The average molecular weight is 176 g/mol. The number of rotatable bonds is 2. The number of hydrogen-bond acceptors (Lipinski definition) is 4. The molecule has 13 heavy (non-hydrogen) atoms. The maximum atomic E-state index is 11.1. The zero-order valence-electron chi connectivity index (χ0n) is 7.15. The first-order chi connectivity index (χ1) is 6.29. The minimum absolute atomic E-state index is 0.165. The fourth-order valence-corrected chi connectivity index (χ4v) is 0.947. The molecule has 0 spiro atoms. The molecule has 0 aliphatic carbocycles. The van der Waals surface area contributed by atoms with Crippen molar-refractivity contribution in [2.75, 3.05) is 7.11 Å². The van der Waals surface area contributed by atoms with E-state index in [4.69, 9.17) is 5.26 Å². The van der Waals surface area contributed by atoms with Crippen LogP contribution in [-0.2, 0) is 11.2 Å². The number of esters is 1. The minimum Gasteiger partial charge on any atom is -0.464 e. The van der Waals surface area contributed by atoms with Crippen LogP contribution in [-0.4, -0.2) is 18.1 Å². The van der Waals surface area contributed by atoms with Gasteiger partial charge in [0.05, 0.1) is 19.6 Å². The highest BCUT2D eigenvalue weighted by Gasteiger charge is 2.11. The van der Waals surface area contributed by atoms with Gasteiger partial charge >= 0.3 is 5.97 Å². The van der Waals surface area contributed by atoms with Crippen molar-refractivity contribution >= 4 is 5.97 Å². The van der Waals surface area contributed by atoms with Crippen molar-refractivity contribution in [3.05, 3.63) is 29.6 Å². The lowest BCUT2D eigenvalue weighted by molar-refractivity contribution is 0.0593. The molecule has 1 aromatic rings. The first-order valence-electron chi connectivity index (χ1n) is 3.68. The molecule has 0 saturated heterocycles. The van der Waals surface area contributed by atoms with E-state index >= 15 is 0 Å². The van der Waals surface area contributed by atoms with Gasteiger partial charge in [-0.3, -0.25) is 0 Å². The first-order valence-corrected chi connectivity index (χ1v) is 3.68. The van der Waals surface area contributed by atoms with E-state index in [1.54, 1.807) is 12.1 Å². The summed E-state index contributed by atoms with van der Waals surface area (Å²) in [4.78, 5) is 15.0. The van der Waals surface area contributed by atoms with Crippen LogP contribution >= 0.6 is 0 Å². The van der Waals surface area contributed by atoms with Crippen LogP contribution in [0.25, 0.3) is 0 Å². The molecule has 0 atom stereocenters. The predicted molar refractivity (Wildman–Crippen MR) is 44.9 cm³/mol. The number of carbonyl (C=O) groups excluding carboxylic acids is 1. The van der Waals surface area contributed by atoms with Gasteiger partial charge in [-0.1, -0.05) is 6.07 Å². The maximum absolute atomic E-state index is 11.1. The average Bonchev–Trinajstić information content (AvgIpc) is 2.18. The highest BCUT2D eigenvalue weighted by atomic mass is 16.5. The molecule has 4 nitrogen and oxygen atoms in total. The van der Waals surface area contributed by atoms with Gasteiger partial charge in [-0.15, -0.1) is 0 Å². The number of carbonyl (C=O) groups is 1. The van der Waals surface area contributed by atoms with E-state index in [0.29, 0.717) is 5.56 Å². The Morgan fingerprint density at radius 2 is 2.54 bits per heavy atom. The molecule has 0 fully saturated rings. The number of nitriles is 1. The molecular weight excluding hydrogens is 168 g/mol. The van der Waals surface area contributed by atoms with Crippen LogP contribution in [0.1, 0.15) is 16.1 Å². The Balaban J connectivity index is 3.05. The van der Waals surface area contributed by atoms with Crippen LogP contribution in [0.5, 0.6) is 0 Å². The van der Waals surface area contributed by atoms with Gasteiger partial charge in [0, 0.05) is 6.20 Å². The van der Waals surface area contributed by atoms with Gasteiger partial charge in [-0.05, 0) is 11.6 Å². The molecule has 0 aromatic carbocycles. The van der Waals surface area contributed by atoms with Crippen LogP contribution in [0.4, 0.5) is 0 Å². The van der Waals surface area contributed by atoms with Crippen molar-refractivity contribution in [3.8, 4) is 6.07 Å². The lowest BCUT2D eigenvalue weighted by Crippen LogP contribution is -2.07. The zero-order valence-corrected chi connectivity index (χ0v) is 7.15. The number of aromatic nitrogens is 1. The number of hydrogen-bond donors (Lipinski definition) is 0. The summed E-state index contributed by atoms with van der Waals surface area (Å²) in [6.45, 7) is 0. The van der Waals surface area contributed by atoms with E-state index in [1.807, 2.05) is 6.07 Å². The minimum atomic E-state index is -0.508. The number of ether oxygens (including phenoxy) is 1. The normalized spacial score (nSPS) is 8.92. The van der Waals surface area contributed by atoms with E-state index in [9.17, 15) is 4.79 Å². The Kier molecular flexibility index (Phi) is 2.98. The second-order valence-electron chi connectivity index (χ2n) is 2.34. The van der Waals surface area contributed by atoms with Crippen molar-refractivity contribution in [1.82, 2.24) is 4.98 Å². The van der Waals surface area contributed by atoms with E-state index in [-0.39, 0.29) is 12.1 Å². The third-order valence-electron chi connectivity index (χ3n) is 1.54. The van der Waals surface area contributed by atoms with Crippen molar-refractivity contribution < 1.29 is 9.53 Å². The largest absolute Gasteiger partial charge is 0.464 e. The second-order valence-corrected chi connectivity index (χ2v) is 2.34. The third kappa shape index (κ3) is 2.03. The van der Waals surface area contributed by atoms with Gasteiger partial charge in [-0.2, -0.15) is 5.26 Å². The Hall–Kier alpha value is -1.89. The fourth-order valence-electron chi connectivity index (χ4n) is 0.947. The molecule has 0 unspecified atom stereocenters. The summed E-state index contributed by atoms with van der Waals surface area (Å²) in [5, 5.41) is 8.47. The molecule has 0 radical (unpaired) electrons. The Labute approximate surface area is 75.8 Å². The van der Waals surface area contributed by atoms with Gasteiger partial charge in [-0.25, -0.2) is 9.78 Å².